The molecule has 1 aromatic carbocycles. The summed E-state index contributed by atoms with van der Waals surface area (Å²) in [6.45, 7) is 3.42. The molecule has 110 valence electrons. The van der Waals surface area contributed by atoms with Gasteiger partial charge in [-0.15, -0.1) is 0 Å². The molecule has 1 saturated heterocycles. The van der Waals surface area contributed by atoms with Gasteiger partial charge in [0.1, 0.15) is 0 Å². The Morgan fingerprint density at radius 1 is 1.19 bits per heavy atom. The summed E-state index contributed by atoms with van der Waals surface area (Å²) in [6, 6.07) is 9.79. The number of nitrogens with one attached hydrogen (secondary N) is 1. The summed E-state index contributed by atoms with van der Waals surface area (Å²) in [4.78, 5) is 14.2. The molecule has 2 aromatic rings. The van der Waals surface area contributed by atoms with Crippen LogP contribution in [-0.4, -0.2) is 37.1 Å². The van der Waals surface area contributed by atoms with E-state index in [1.54, 1.807) is 11.3 Å². The van der Waals surface area contributed by atoms with E-state index in [1.807, 2.05) is 29.2 Å². The molecule has 1 aromatic heterocycles. The van der Waals surface area contributed by atoms with E-state index in [-0.39, 0.29) is 5.91 Å². The first-order valence-corrected chi connectivity index (χ1v) is 7.99. The molecule has 2 heterocycles. The van der Waals surface area contributed by atoms with E-state index in [0.717, 1.165) is 17.8 Å². The molecular formula is C16H18N2O2S. The van der Waals surface area contributed by atoms with Gasteiger partial charge < -0.3 is 15.0 Å². The number of thiophene rings is 1. The van der Waals surface area contributed by atoms with Crippen LogP contribution in [0.3, 0.4) is 0 Å². The number of carbonyl (C=O) groups is 1. The lowest BCUT2D eigenvalue weighted by Crippen LogP contribution is -2.40. The van der Waals surface area contributed by atoms with E-state index < -0.39 is 0 Å². The third-order valence-corrected chi connectivity index (χ3v) is 4.24. The predicted molar refractivity (Wildman–Crippen MR) is 84.8 cm³/mol. The first kappa shape index (κ1) is 14.1. The molecular weight excluding hydrogens is 284 g/mol. The number of benzene rings is 1. The zero-order valence-corrected chi connectivity index (χ0v) is 12.6. The van der Waals surface area contributed by atoms with Crippen molar-refractivity contribution in [3.05, 3.63) is 52.2 Å². The molecule has 1 aliphatic heterocycles. The normalized spacial score (nSPS) is 15.0. The van der Waals surface area contributed by atoms with Crippen LogP contribution >= 0.6 is 11.3 Å². The van der Waals surface area contributed by atoms with Crippen LogP contribution in [0.2, 0.25) is 0 Å². The van der Waals surface area contributed by atoms with Gasteiger partial charge in [0, 0.05) is 30.9 Å². The van der Waals surface area contributed by atoms with Gasteiger partial charge in [-0.1, -0.05) is 0 Å². The zero-order valence-electron chi connectivity index (χ0n) is 11.7. The van der Waals surface area contributed by atoms with Gasteiger partial charge in [-0.2, -0.15) is 11.3 Å². The Morgan fingerprint density at radius 2 is 1.95 bits per heavy atom. The first-order valence-electron chi connectivity index (χ1n) is 7.05. The largest absolute Gasteiger partial charge is 0.381 e. The highest BCUT2D eigenvalue weighted by Crippen LogP contribution is 2.14. The second-order valence-corrected chi connectivity index (χ2v) is 5.75. The van der Waals surface area contributed by atoms with Crippen molar-refractivity contribution in [3.8, 4) is 0 Å². The maximum absolute atomic E-state index is 12.3. The SMILES string of the molecule is O=C(c1ccc(NCc2ccsc2)cc1)N1CCOCC1. The van der Waals surface area contributed by atoms with Gasteiger partial charge in [0.05, 0.1) is 13.2 Å². The highest BCUT2D eigenvalue weighted by atomic mass is 32.1. The van der Waals surface area contributed by atoms with E-state index >= 15 is 0 Å². The van der Waals surface area contributed by atoms with Crippen LogP contribution in [0.15, 0.2) is 41.1 Å². The van der Waals surface area contributed by atoms with Crippen LogP contribution in [0.4, 0.5) is 5.69 Å². The lowest BCUT2D eigenvalue weighted by Gasteiger charge is -2.26. The Balaban J connectivity index is 1.59. The number of hydrogen-bond acceptors (Lipinski definition) is 4. The number of ether oxygens (including phenoxy) is 1. The minimum Gasteiger partial charge on any atom is -0.381 e. The summed E-state index contributed by atoms with van der Waals surface area (Å²) < 4.78 is 5.27. The second kappa shape index (κ2) is 6.74. The van der Waals surface area contributed by atoms with E-state index in [9.17, 15) is 4.79 Å². The standard InChI is InChI=1S/C16H18N2O2S/c19-16(18-6-8-20-9-7-18)14-1-3-15(4-2-14)17-11-13-5-10-21-12-13/h1-5,10,12,17H,6-9,11H2. The van der Waals surface area contributed by atoms with E-state index in [4.69, 9.17) is 4.74 Å². The minimum absolute atomic E-state index is 0.0858. The minimum atomic E-state index is 0.0858. The average molecular weight is 302 g/mol. The average Bonchev–Trinajstić information content (AvgIpc) is 3.07. The van der Waals surface area contributed by atoms with Crippen molar-refractivity contribution in [2.75, 3.05) is 31.6 Å². The number of anilines is 1. The maximum Gasteiger partial charge on any atom is 0.254 e. The van der Waals surface area contributed by atoms with Gasteiger partial charge in [0.25, 0.3) is 5.91 Å². The summed E-state index contributed by atoms with van der Waals surface area (Å²) in [5.74, 6) is 0.0858. The highest BCUT2D eigenvalue weighted by molar-refractivity contribution is 7.07. The molecule has 1 amide bonds. The highest BCUT2D eigenvalue weighted by Gasteiger charge is 2.18. The maximum atomic E-state index is 12.3. The van der Waals surface area contributed by atoms with Crippen LogP contribution in [0.25, 0.3) is 0 Å². The number of hydrogen-bond donors (Lipinski definition) is 1. The molecule has 0 aliphatic carbocycles. The van der Waals surface area contributed by atoms with E-state index in [1.165, 1.54) is 5.56 Å². The van der Waals surface area contributed by atoms with Gasteiger partial charge in [-0.3, -0.25) is 4.79 Å². The lowest BCUT2D eigenvalue weighted by molar-refractivity contribution is 0.0303. The van der Waals surface area contributed by atoms with Gasteiger partial charge in [0.15, 0.2) is 0 Å². The molecule has 0 saturated carbocycles. The number of morpholine rings is 1. The topological polar surface area (TPSA) is 41.6 Å². The van der Waals surface area contributed by atoms with Crippen molar-refractivity contribution in [2.45, 2.75) is 6.54 Å². The number of amides is 1. The summed E-state index contributed by atoms with van der Waals surface area (Å²) in [5.41, 5.74) is 3.03. The van der Waals surface area contributed by atoms with E-state index in [0.29, 0.717) is 26.3 Å². The number of carbonyl (C=O) groups excluding carboxylic acids is 1. The van der Waals surface area contributed by atoms with Gasteiger partial charge in [-0.05, 0) is 46.7 Å². The Hall–Kier alpha value is -1.85. The van der Waals surface area contributed by atoms with Crippen molar-refractivity contribution in [1.29, 1.82) is 0 Å². The quantitative estimate of drug-likeness (QED) is 0.944. The number of nitrogens with zero attached hydrogens (tertiary/aromatic N) is 1. The molecule has 3 rings (SSSR count). The van der Waals surface area contributed by atoms with Crippen molar-refractivity contribution in [2.24, 2.45) is 0 Å². The first-order chi connectivity index (χ1) is 10.3. The molecule has 0 atom stereocenters. The molecule has 0 spiro atoms. The predicted octanol–water partition coefficient (Wildman–Crippen LogP) is 2.83. The second-order valence-electron chi connectivity index (χ2n) is 4.97. The fourth-order valence-corrected chi connectivity index (χ4v) is 2.95. The van der Waals surface area contributed by atoms with Crippen LogP contribution in [-0.2, 0) is 11.3 Å². The lowest BCUT2D eigenvalue weighted by atomic mass is 10.1. The van der Waals surface area contributed by atoms with Crippen LogP contribution in [0.5, 0.6) is 0 Å². The van der Waals surface area contributed by atoms with Crippen LogP contribution in [0, 0.1) is 0 Å². The molecule has 1 N–H and O–H groups in total. The molecule has 4 nitrogen and oxygen atoms in total. The van der Waals surface area contributed by atoms with Crippen molar-refractivity contribution in [1.82, 2.24) is 4.90 Å². The Kier molecular flexibility index (Phi) is 4.52. The van der Waals surface area contributed by atoms with E-state index in [2.05, 4.69) is 22.1 Å². The third kappa shape index (κ3) is 3.62. The Bertz CT molecular complexity index is 575. The molecule has 0 unspecified atom stereocenters. The molecule has 1 fully saturated rings. The van der Waals surface area contributed by atoms with Crippen molar-refractivity contribution in [3.63, 3.8) is 0 Å². The molecule has 21 heavy (non-hydrogen) atoms. The molecule has 0 radical (unpaired) electrons. The molecule has 1 aliphatic rings. The Labute approximate surface area is 128 Å². The van der Waals surface area contributed by atoms with Gasteiger partial charge in [-0.25, -0.2) is 0 Å². The fraction of sp³-hybridized carbons (Fsp3) is 0.312. The molecule has 0 bridgehead atoms. The van der Waals surface area contributed by atoms with Crippen molar-refractivity contribution < 1.29 is 9.53 Å². The fourth-order valence-electron chi connectivity index (χ4n) is 2.28. The number of rotatable bonds is 4. The third-order valence-electron chi connectivity index (χ3n) is 3.51. The summed E-state index contributed by atoms with van der Waals surface area (Å²) >= 11 is 1.70. The summed E-state index contributed by atoms with van der Waals surface area (Å²) in [5, 5.41) is 7.55. The summed E-state index contributed by atoms with van der Waals surface area (Å²) in [7, 11) is 0. The molecule has 5 heteroatoms. The van der Waals surface area contributed by atoms with Crippen LogP contribution < -0.4 is 5.32 Å². The van der Waals surface area contributed by atoms with Crippen LogP contribution in [0.1, 0.15) is 15.9 Å². The summed E-state index contributed by atoms with van der Waals surface area (Å²) in [6.07, 6.45) is 0. The zero-order chi connectivity index (χ0) is 14.5. The van der Waals surface area contributed by atoms with Gasteiger partial charge in [0.2, 0.25) is 0 Å². The van der Waals surface area contributed by atoms with Crippen molar-refractivity contribution >= 4 is 22.9 Å². The van der Waals surface area contributed by atoms with Gasteiger partial charge >= 0.3 is 0 Å². The smallest absolute Gasteiger partial charge is 0.254 e. The Morgan fingerprint density at radius 3 is 2.62 bits per heavy atom. The monoisotopic (exact) mass is 302 g/mol.